The Hall–Kier alpha value is -1.59. The van der Waals surface area contributed by atoms with E-state index in [1.165, 1.54) is 0 Å². The average Bonchev–Trinajstić information content (AvgIpc) is 2.31. The molecular formula is C7H13N5O. The van der Waals surface area contributed by atoms with Gasteiger partial charge in [0.15, 0.2) is 0 Å². The molecule has 1 aromatic heterocycles. The smallest absolute Gasteiger partial charge is 0.289 e. The first-order chi connectivity index (χ1) is 5.88. The molecule has 13 heavy (non-hydrogen) atoms. The minimum absolute atomic E-state index is 0.0686. The van der Waals surface area contributed by atoms with E-state index in [4.69, 9.17) is 5.73 Å². The maximum atomic E-state index is 11.4. The predicted molar refractivity (Wildman–Crippen MR) is 48.0 cm³/mol. The number of nitrogens with one attached hydrogen (secondary N) is 2. The number of aromatic nitrogens is 3. The second kappa shape index (κ2) is 3.04. The van der Waals surface area contributed by atoms with Crippen LogP contribution in [-0.2, 0) is 0 Å². The van der Waals surface area contributed by atoms with Crippen LogP contribution in [0.4, 0.5) is 5.95 Å². The molecule has 4 N–H and O–H groups in total. The van der Waals surface area contributed by atoms with Crippen LogP contribution in [0.15, 0.2) is 0 Å². The normalized spacial score (nSPS) is 11.3. The van der Waals surface area contributed by atoms with Gasteiger partial charge in [-0.05, 0) is 20.8 Å². The molecule has 0 saturated carbocycles. The van der Waals surface area contributed by atoms with E-state index in [1.807, 2.05) is 20.8 Å². The number of hydrogen-bond acceptors (Lipinski definition) is 4. The van der Waals surface area contributed by atoms with E-state index in [-0.39, 0.29) is 23.2 Å². The predicted octanol–water partition coefficient (Wildman–Crippen LogP) is -0.0848. The Balaban J connectivity index is 2.70. The molecule has 0 aliphatic heterocycles. The number of nitrogens with two attached hydrogens (primary N) is 1. The maximum Gasteiger partial charge on any atom is 0.289 e. The summed E-state index contributed by atoms with van der Waals surface area (Å²) in [5, 5.41) is 8.70. The van der Waals surface area contributed by atoms with E-state index < -0.39 is 0 Å². The lowest BCUT2D eigenvalue weighted by atomic mass is 10.1. The molecule has 0 aromatic carbocycles. The molecule has 0 unspecified atom stereocenters. The molecule has 0 aliphatic rings. The van der Waals surface area contributed by atoms with Gasteiger partial charge in [0.05, 0.1) is 0 Å². The highest BCUT2D eigenvalue weighted by Gasteiger charge is 2.17. The molecule has 0 fully saturated rings. The standard InChI is InChI=1S/C7H13N5O/c1-7(2,3)10-5(13)4-9-6(8)12-11-4/h1-3H3,(H,10,13)(H3,8,9,11,12). The summed E-state index contributed by atoms with van der Waals surface area (Å²) in [6.07, 6.45) is 0. The molecule has 6 heteroatoms. The number of anilines is 1. The van der Waals surface area contributed by atoms with Crippen molar-refractivity contribution in [2.24, 2.45) is 0 Å². The summed E-state index contributed by atoms with van der Waals surface area (Å²) in [5.74, 6) is -0.108. The molecule has 0 radical (unpaired) electrons. The Kier molecular flexibility index (Phi) is 2.22. The van der Waals surface area contributed by atoms with Crippen LogP contribution in [0.25, 0.3) is 0 Å². The van der Waals surface area contributed by atoms with Crippen molar-refractivity contribution in [3.8, 4) is 0 Å². The van der Waals surface area contributed by atoms with Gasteiger partial charge in [0.2, 0.25) is 11.8 Å². The summed E-state index contributed by atoms with van der Waals surface area (Å²) in [6, 6.07) is 0. The monoisotopic (exact) mass is 183 g/mol. The zero-order valence-corrected chi connectivity index (χ0v) is 7.88. The van der Waals surface area contributed by atoms with Gasteiger partial charge in [0.1, 0.15) is 0 Å². The molecule has 1 aromatic rings. The van der Waals surface area contributed by atoms with Gasteiger partial charge in [-0.3, -0.25) is 9.89 Å². The van der Waals surface area contributed by atoms with Crippen molar-refractivity contribution in [2.75, 3.05) is 5.73 Å². The molecule has 1 rings (SSSR count). The van der Waals surface area contributed by atoms with Gasteiger partial charge in [-0.2, -0.15) is 4.98 Å². The lowest BCUT2D eigenvalue weighted by Gasteiger charge is -2.19. The lowest BCUT2D eigenvalue weighted by molar-refractivity contribution is 0.0909. The number of aromatic amines is 1. The van der Waals surface area contributed by atoms with Gasteiger partial charge in [-0.1, -0.05) is 0 Å². The van der Waals surface area contributed by atoms with Crippen LogP contribution >= 0.6 is 0 Å². The molecule has 0 aliphatic carbocycles. The number of nitrogen functional groups attached to an aromatic ring is 1. The van der Waals surface area contributed by atoms with E-state index in [2.05, 4.69) is 20.5 Å². The fourth-order valence-corrected chi connectivity index (χ4v) is 0.776. The maximum absolute atomic E-state index is 11.4. The van der Waals surface area contributed by atoms with E-state index in [0.717, 1.165) is 0 Å². The third-order valence-corrected chi connectivity index (χ3v) is 1.21. The van der Waals surface area contributed by atoms with Gasteiger partial charge in [0.25, 0.3) is 5.91 Å². The van der Waals surface area contributed by atoms with E-state index >= 15 is 0 Å². The summed E-state index contributed by atoms with van der Waals surface area (Å²) < 4.78 is 0. The third-order valence-electron chi connectivity index (χ3n) is 1.21. The van der Waals surface area contributed by atoms with Gasteiger partial charge in [-0.15, -0.1) is 5.10 Å². The summed E-state index contributed by atoms with van der Waals surface area (Å²) in [5.41, 5.74) is 4.95. The van der Waals surface area contributed by atoms with E-state index in [9.17, 15) is 4.79 Å². The first-order valence-electron chi connectivity index (χ1n) is 3.89. The van der Waals surface area contributed by atoms with Crippen LogP contribution in [0.5, 0.6) is 0 Å². The number of H-pyrrole nitrogens is 1. The number of carbonyl (C=O) groups excluding carboxylic acids is 1. The average molecular weight is 183 g/mol. The highest BCUT2D eigenvalue weighted by molar-refractivity contribution is 5.91. The topological polar surface area (TPSA) is 96.7 Å². The molecule has 0 saturated heterocycles. The zero-order valence-electron chi connectivity index (χ0n) is 7.88. The third kappa shape index (κ3) is 2.73. The molecule has 6 nitrogen and oxygen atoms in total. The molecule has 0 atom stereocenters. The quantitative estimate of drug-likeness (QED) is 0.567. The largest absolute Gasteiger partial charge is 0.366 e. The Morgan fingerprint density at radius 1 is 1.54 bits per heavy atom. The van der Waals surface area contributed by atoms with Crippen LogP contribution in [0, 0.1) is 0 Å². The molecule has 1 heterocycles. The summed E-state index contributed by atoms with van der Waals surface area (Å²) in [4.78, 5) is 15.1. The van der Waals surface area contributed by atoms with Crippen molar-refractivity contribution in [1.29, 1.82) is 0 Å². The SMILES string of the molecule is CC(C)(C)NC(=O)c1nc(N)n[nH]1. The Morgan fingerprint density at radius 3 is 2.54 bits per heavy atom. The first kappa shape index (κ1) is 9.50. The van der Waals surface area contributed by atoms with E-state index in [0.29, 0.717) is 0 Å². The Bertz CT molecular complexity index is 311. The summed E-state index contributed by atoms with van der Waals surface area (Å²) >= 11 is 0. The van der Waals surface area contributed by atoms with Crippen LogP contribution in [-0.4, -0.2) is 26.6 Å². The van der Waals surface area contributed by atoms with E-state index in [1.54, 1.807) is 0 Å². The minimum atomic E-state index is -0.309. The second-order valence-electron chi connectivity index (χ2n) is 3.75. The number of rotatable bonds is 1. The van der Waals surface area contributed by atoms with Gasteiger partial charge in [-0.25, -0.2) is 0 Å². The fourth-order valence-electron chi connectivity index (χ4n) is 0.776. The van der Waals surface area contributed by atoms with Crippen molar-refractivity contribution in [3.63, 3.8) is 0 Å². The highest BCUT2D eigenvalue weighted by atomic mass is 16.2. The van der Waals surface area contributed by atoms with Gasteiger partial charge >= 0.3 is 0 Å². The number of nitrogens with zero attached hydrogens (tertiary/aromatic N) is 2. The molecule has 1 amide bonds. The first-order valence-corrected chi connectivity index (χ1v) is 3.89. The van der Waals surface area contributed by atoms with Crippen molar-refractivity contribution < 1.29 is 4.79 Å². The second-order valence-corrected chi connectivity index (χ2v) is 3.75. The lowest BCUT2D eigenvalue weighted by Crippen LogP contribution is -2.41. The van der Waals surface area contributed by atoms with Crippen LogP contribution < -0.4 is 11.1 Å². The molecule has 0 spiro atoms. The summed E-state index contributed by atoms with van der Waals surface area (Å²) in [6.45, 7) is 5.64. The van der Waals surface area contributed by atoms with Crippen LogP contribution in [0.3, 0.4) is 0 Å². The van der Waals surface area contributed by atoms with Crippen LogP contribution in [0.1, 0.15) is 31.4 Å². The minimum Gasteiger partial charge on any atom is -0.366 e. The summed E-state index contributed by atoms with van der Waals surface area (Å²) in [7, 11) is 0. The highest BCUT2D eigenvalue weighted by Crippen LogP contribution is 2.01. The van der Waals surface area contributed by atoms with Gasteiger partial charge in [0, 0.05) is 5.54 Å². The van der Waals surface area contributed by atoms with Crippen LogP contribution in [0.2, 0.25) is 0 Å². The zero-order chi connectivity index (χ0) is 10.1. The molecule has 72 valence electrons. The van der Waals surface area contributed by atoms with Gasteiger partial charge < -0.3 is 11.1 Å². The molecule has 0 bridgehead atoms. The Morgan fingerprint density at radius 2 is 2.15 bits per heavy atom. The van der Waals surface area contributed by atoms with Crippen molar-refractivity contribution in [1.82, 2.24) is 20.5 Å². The van der Waals surface area contributed by atoms with Crippen molar-refractivity contribution in [3.05, 3.63) is 5.82 Å². The number of hydrogen-bond donors (Lipinski definition) is 3. The van der Waals surface area contributed by atoms with Crippen molar-refractivity contribution >= 4 is 11.9 Å². The fraction of sp³-hybridized carbons (Fsp3) is 0.571. The number of amides is 1. The van der Waals surface area contributed by atoms with Crippen molar-refractivity contribution in [2.45, 2.75) is 26.3 Å². The Labute approximate surface area is 75.9 Å². The molecular weight excluding hydrogens is 170 g/mol. The number of carbonyl (C=O) groups is 1.